The lowest BCUT2D eigenvalue weighted by atomic mass is 10.2. The van der Waals surface area contributed by atoms with Gasteiger partial charge in [-0.1, -0.05) is 0 Å². The van der Waals surface area contributed by atoms with E-state index in [-0.39, 0.29) is 11.9 Å². The van der Waals surface area contributed by atoms with Gasteiger partial charge in [0.25, 0.3) is 0 Å². The first-order valence-electron chi connectivity index (χ1n) is 6.01. The Labute approximate surface area is 121 Å². The number of hydrogen-bond donors (Lipinski definition) is 1. The number of carbonyl (C=O) groups is 1. The highest BCUT2D eigenvalue weighted by molar-refractivity contribution is 7.12. The summed E-state index contributed by atoms with van der Waals surface area (Å²) in [5, 5.41) is 5.88. The Morgan fingerprint density at radius 1 is 1.42 bits per heavy atom. The maximum Gasteiger partial charge on any atom is 0.244 e. The number of carbonyl (C=O) groups excluding carboxylic acids is 1. The van der Waals surface area contributed by atoms with Crippen molar-refractivity contribution in [1.82, 2.24) is 10.3 Å². The second-order valence-electron chi connectivity index (χ2n) is 4.30. The van der Waals surface area contributed by atoms with Crippen LogP contribution in [0.4, 0.5) is 0 Å². The number of thiazole rings is 1. The summed E-state index contributed by atoms with van der Waals surface area (Å²) in [6, 6.07) is 4.16. The van der Waals surface area contributed by atoms with Crippen molar-refractivity contribution in [2.75, 3.05) is 0 Å². The normalized spacial score (nSPS) is 12.8. The van der Waals surface area contributed by atoms with E-state index in [1.165, 1.54) is 15.8 Å². The fourth-order valence-electron chi connectivity index (χ4n) is 1.64. The highest BCUT2D eigenvalue weighted by atomic mass is 32.1. The Hall–Kier alpha value is -1.46. The number of aromatic nitrogens is 1. The van der Waals surface area contributed by atoms with Crippen LogP contribution in [0.3, 0.4) is 0 Å². The summed E-state index contributed by atoms with van der Waals surface area (Å²) in [6.07, 6.45) is 3.27. The molecule has 0 radical (unpaired) electrons. The van der Waals surface area contributed by atoms with Crippen LogP contribution in [0.25, 0.3) is 6.08 Å². The molecule has 1 N–H and O–H groups in total. The predicted octanol–water partition coefficient (Wildman–Crippen LogP) is 3.71. The summed E-state index contributed by atoms with van der Waals surface area (Å²) in [7, 11) is 0. The fraction of sp³-hybridized carbons (Fsp3) is 0.286. The molecule has 1 atom stereocenters. The molecular formula is C14H16N2OS2. The topological polar surface area (TPSA) is 42.0 Å². The Morgan fingerprint density at radius 3 is 2.79 bits per heavy atom. The van der Waals surface area contributed by atoms with E-state index in [9.17, 15) is 4.79 Å². The van der Waals surface area contributed by atoms with E-state index in [1.54, 1.807) is 28.7 Å². The minimum Gasteiger partial charge on any atom is -0.345 e. The van der Waals surface area contributed by atoms with Crippen molar-refractivity contribution in [3.63, 3.8) is 0 Å². The SMILES string of the molecule is Cc1ccc([C@H](C)NC(=O)/C=C\c2csc(C)n2)s1. The first kappa shape index (κ1) is 14.0. The molecule has 2 rings (SSSR count). The Kier molecular flexibility index (Phi) is 4.50. The number of hydrogen-bond acceptors (Lipinski definition) is 4. The Bertz CT molecular complexity index is 598. The summed E-state index contributed by atoms with van der Waals surface area (Å²) < 4.78 is 0. The van der Waals surface area contributed by atoms with Crippen LogP contribution in [-0.2, 0) is 4.79 Å². The van der Waals surface area contributed by atoms with Crippen LogP contribution in [0.5, 0.6) is 0 Å². The molecule has 0 aliphatic heterocycles. The van der Waals surface area contributed by atoms with Crippen molar-refractivity contribution in [2.45, 2.75) is 26.8 Å². The van der Waals surface area contributed by atoms with Gasteiger partial charge in [0.2, 0.25) is 5.91 Å². The van der Waals surface area contributed by atoms with Gasteiger partial charge >= 0.3 is 0 Å². The maximum atomic E-state index is 11.8. The van der Waals surface area contributed by atoms with E-state index >= 15 is 0 Å². The molecule has 19 heavy (non-hydrogen) atoms. The number of rotatable bonds is 4. The molecule has 0 aliphatic carbocycles. The van der Waals surface area contributed by atoms with Crippen molar-refractivity contribution in [2.24, 2.45) is 0 Å². The van der Waals surface area contributed by atoms with Gasteiger partial charge in [0.1, 0.15) is 0 Å². The zero-order chi connectivity index (χ0) is 13.8. The molecule has 0 unspecified atom stereocenters. The zero-order valence-corrected chi connectivity index (χ0v) is 12.8. The van der Waals surface area contributed by atoms with Crippen molar-refractivity contribution in [3.8, 4) is 0 Å². The number of nitrogens with zero attached hydrogens (tertiary/aromatic N) is 1. The van der Waals surface area contributed by atoms with Gasteiger partial charge in [0.15, 0.2) is 0 Å². The average Bonchev–Trinajstić information content (AvgIpc) is 2.95. The third-order valence-electron chi connectivity index (χ3n) is 2.59. The molecule has 1 amide bonds. The van der Waals surface area contributed by atoms with Gasteiger partial charge in [-0.25, -0.2) is 4.98 Å². The minimum absolute atomic E-state index is 0.0352. The van der Waals surface area contributed by atoms with Gasteiger partial charge < -0.3 is 5.32 Å². The molecule has 2 aromatic rings. The average molecular weight is 292 g/mol. The van der Waals surface area contributed by atoms with Gasteiger partial charge in [-0.15, -0.1) is 22.7 Å². The van der Waals surface area contributed by atoms with Gasteiger partial charge in [-0.05, 0) is 39.0 Å². The lowest BCUT2D eigenvalue weighted by Crippen LogP contribution is -2.23. The smallest absolute Gasteiger partial charge is 0.244 e. The monoisotopic (exact) mass is 292 g/mol. The first-order chi connectivity index (χ1) is 9.04. The number of thiophene rings is 1. The van der Waals surface area contributed by atoms with Crippen LogP contribution < -0.4 is 5.32 Å². The molecule has 2 aromatic heterocycles. The summed E-state index contributed by atoms with van der Waals surface area (Å²) in [5.74, 6) is -0.0933. The third kappa shape index (κ3) is 4.01. The lowest BCUT2D eigenvalue weighted by molar-refractivity contribution is -0.117. The van der Waals surface area contributed by atoms with E-state index in [2.05, 4.69) is 29.4 Å². The molecule has 0 aliphatic rings. The van der Waals surface area contributed by atoms with E-state index in [0.29, 0.717) is 0 Å². The third-order valence-corrected chi connectivity index (χ3v) is 4.56. The molecule has 0 bridgehead atoms. The van der Waals surface area contributed by atoms with E-state index < -0.39 is 0 Å². The van der Waals surface area contributed by atoms with Crippen LogP contribution in [0.2, 0.25) is 0 Å². The standard InChI is InChI=1S/C14H16N2OS2/c1-9-4-6-13(19-9)10(2)15-14(17)7-5-12-8-18-11(3)16-12/h4-8,10H,1-3H3,(H,15,17)/b7-5-/t10-/m0/s1. The highest BCUT2D eigenvalue weighted by Crippen LogP contribution is 2.22. The van der Waals surface area contributed by atoms with E-state index in [4.69, 9.17) is 0 Å². The molecule has 2 heterocycles. The van der Waals surface area contributed by atoms with Crippen LogP contribution in [0, 0.1) is 13.8 Å². The molecule has 100 valence electrons. The van der Waals surface area contributed by atoms with Crippen molar-refractivity contribution in [1.29, 1.82) is 0 Å². The highest BCUT2D eigenvalue weighted by Gasteiger charge is 2.09. The largest absolute Gasteiger partial charge is 0.345 e. The van der Waals surface area contributed by atoms with Gasteiger partial charge in [0.05, 0.1) is 16.7 Å². The number of amides is 1. The van der Waals surface area contributed by atoms with Gasteiger partial charge in [-0.2, -0.15) is 0 Å². The molecule has 0 aromatic carbocycles. The van der Waals surface area contributed by atoms with E-state index in [1.807, 2.05) is 19.2 Å². The second-order valence-corrected chi connectivity index (χ2v) is 6.69. The summed E-state index contributed by atoms with van der Waals surface area (Å²) >= 11 is 3.28. The number of aryl methyl sites for hydroxylation is 2. The molecule has 0 saturated heterocycles. The van der Waals surface area contributed by atoms with E-state index in [0.717, 1.165) is 10.7 Å². The quantitative estimate of drug-likeness (QED) is 0.873. The summed E-state index contributed by atoms with van der Waals surface area (Å²) in [6.45, 7) is 6.00. The first-order valence-corrected chi connectivity index (χ1v) is 7.71. The molecule has 0 spiro atoms. The summed E-state index contributed by atoms with van der Waals surface area (Å²) in [4.78, 5) is 18.5. The van der Waals surface area contributed by atoms with Gasteiger partial charge in [0, 0.05) is 21.2 Å². The lowest BCUT2D eigenvalue weighted by Gasteiger charge is -2.09. The fourth-order valence-corrected chi connectivity index (χ4v) is 3.10. The van der Waals surface area contributed by atoms with Crippen molar-refractivity contribution >= 4 is 34.7 Å². The zero-order valence-electron chi connectivity index (χ0n) is 11.1. The van der Waals surface area contributed by atoms with Crippen LogP contribution in [0.1, 0.15) is 33.4 Å². The van der Waals surface area contributed by atoms with Crippen LogP contribution >= 0.6 is 22.7 Å². The molecule has 3 nitrogen and oxygen atoms in total. The van der Waals surface area contributed by atoms with Crippen LogP contribution in [-0.4, -0.2) is 10.9 Å². The molecular weight excluding hydrogens is 276 g/mol. The maximum absolute atomic E-state index is 11.8. The second kappa shape index (κ2) is 6.12. The van der Waals surface area contributed by atoms with Crippen molar-refractivity contribution < 1.29 is 4.79 Å². The summed E-state index contributed by atoms with van der Waals surface area (Å²) in [5.41, 5.74) is 0.831. The Morgan fingerprint density at radius 2 is 2.21 bits per heavy atom. The molecule has 5 heteroatoms. The van der Waals surface area contributed by atoms with Crippen LogP contribution in [0.15, 0.2) is 23.6 Å². The Balaban J connectivity index is 1.92. The molecule has 0 saturated carbocycles. The predicted molar refractivity (Wildman–Crippen MR) is 81.5 cm³/mol. The molecule has 0 fully saturated rings. The van der Waals surface area contributed by atoms with Crippen molar-refractivity contribution in [3.05, 3.63) is 44.0 Å². The minimum atomic E-state index is -0.0933. The van der Waals surface area contributed by atoms with Gasteiger partial charge in [-0.3, -0.25) is 4.79 Å². The number of nitrogens with one attached hydrogen (secondary N) is 1.